The molecule has 0 aliphatic rings. The number of hydrogen-bond acceptors (Lipinski definition) is 3. The van der Waals surface area contributed by atoms with Crippen molar-refractivity contribution in [3.8, 4) is 0 Å². The third-order valence-corrected chi connectivity index (χ3v) is 2.44. The molecule has 0 aromatic carbocycles. The zero-order valence-electron chi connectivity index (χ0n) is 8.31. The fraction of sp³-hybridized carbons (Fsp3) is 0.200. The Morgan fingerprint density at radius 1 is 1.53 bits per heavy atom. The predicted octanol–water partition coefficient (Wildman–Crippen LogP) is 2.13. The number of nitrogens with zero attached hydrogens (tertiary/aromatic N) is 3. The van der Waals surface area contributed by atoms with Gasteiger partial charge in [-0.2, -0.15) is 5.10 Å². The summed E-state index contributed by atoms with van der Waals surface area (Å²) in [7, 11) is 1.86. The van der Waals surface area contributed by atoms with Crippen molar-refractivity contribution in [2.75, 3.05) is 12.4 Å². The summed E-state index contributed by atoms with van der Waals surface area (Å²) in [5, 5.41) is 7.20. The van der Waals surface area contributed by atoms with Gasteiger partial charge in [0.2, 0.25) is 0 Å². The van der Waals surface area contributed by atoms with Crippen molar-refractivity contribution >= 4 is 21.7 Å². The van der Waals surface area contributed by atoms with Crippen LogP contribution < -0.4 is 5.32 Å². The Kier molecular flexibility index (Phi) is 3.01. The van der Waals surface area contributed by atoms with E-state index in [2.05, 4.69) is 31.3 Å². The van der Waals surface area contributed by atoms with Gasteiger partial charge in [-0.3, -0.25) is 4.68 Å². The van der Waals surface area contributed by atoms with Crippen LogP contribution in [-0.4, -0.2) is 21.8 Å². The Balaban J connectivity index is 2.16. The quantitative estimate of drug-likeness (QED) is 0.926. The second-order valence-electron chi connectivity index (χ2n) is 3.16. The van der Waals surface area contributed by atoms with E-state index in [1.165, 1.54) is 5.56 Å². The second kappa shape index (κ2) is 4.44. The normalized spacial score (nSPS) is 10.3. The molecule has 2 aromatic heterocycles. The van der Waals surface area contributed by atoms with E-state index in [-0.39, 0.29) is 0 Å². The number of hydrogen-bond donors (Lipinski definition) is 1. The number of pyridine rings is 1. The fourth-order valence-electron chi connectivity index (χ4n) is 1.32. The van der Waals surface area contributed by atoms with E-state index in [1.54, 1.807) is 12.4 Å². The highest BCUT2D eigenvalue weighted by Gasteiger charge is 1.98. The van der Waals surface area contributed by atoms with Gasteiger partial charge in [0.05, 0.1) is 17.2 Å². The summed E-state index contributed by atoms with van der Waals surface area (Å²) in [5.41, 5.74) is 1.17. The van der Waals surface area contributed by atoms with Crippen LogP contribution in [-0.2, 0) is 6.54 Å². The van der Waals surface area contributed by atoms with Gasteiger partial charge in [-0.25, -0.2) is 4.98 Å². The van der Waals surface area contributed by atoms with Gasteiger partial charge < -0.3 is 5.32 Å². The first-order chi connectivity index (χ1) is 7.28. The number of halogens is 1. The van der Waals surface area contributed by atoms with E-state index in [0.29, 0.717) is 0 Å². The Morgan fingerprint density at radius 3 is 3.07 bits per heavy atom. The summed E-state index contributed by atoms with van der Waals surface area (Å²) in [5.74, 6) is 0.874. The van der Waals surface area contributed by atoms with E-state index in [9.17, 15) is 0 Å². The largest absolute Gasteiger partial charge is 0.373 e. The van der Waals surface area contributed by atoms with Gasteiger partial charge in [-0.15, -0.1) is 0 Å². The van der Waals surface area contributed by atoms with E-state index < -0.39 is 0 Å². The van der Waals surface area contributed by atoms with Gasteiger partial charge in [0.1, 0.15) is 5.82 Å². The van der Waals surface area contributed by atoms with Gasteiger partial charge in [0.15, 0.2) is 0 Å². The van der Waals surface area contributed by atoms with Crippen molar-refractivity contribution in [2.24, 2.45) is 0 Å². The lowest BCUT2D eigenvalue weighted by Crippen LogP contribution is -2.01. The van der Waals surface area contributed by atoms with Crippen LogP contribution in [0.3, 0.4) is 0 Å². The van der Waals surface area contributed by atoms with E-state index >= 15 is 0 Å². The smallest absolute Gasteiger partial charge is 0.125 e. The number of anilines is 1. The first kappa shape index (κ1) is 10.2. The molecule has 0 aliphatic heterocycles. The fourth-order valence-corrected chi connectivity index (χ4v) is 1.65. The molecule has 0 amide bonds. The molecule has 5 heteroatoms. The average molecular weight is 267 g/mol. The Hall–Kier alpha value is -1.36. The van der Waals surface area contributed by atoms with Crippen LogP contribution in [0.4, 0.5) is 5.82 Å². The van der Waals surface area contributed by atoms with Crippen LogP contribution in [0, 0.1) is 0 Å². The van der Waals surface area contributed by atoms with Gasteiger partial charge in [-0.05, 0) is 33.6 Å². The van der Waals surface area contributed by atoms with Crippen molar-refractivity contribution < 1.29 is 0 Å². The summed E-state index contributed by atoms with van der Waals surface area (Å²) in [6.07, 6.45) is 5.51. The van der Waals surface area contributed by atoms with Crippen molar-refractivity contribution in [1.82, 2.24) is 14.8 Å². The first-order valence-electron chi connectivity index (χ1n) is 4.58. The molecular weight excluding hydrogens is 256 g/mol. The molecule has 2 aromatic rings. The van der Waals surface area contributed by atoms with Gasteiger partial charge in [0, 0.05) is 19.4 Å². The van der Waals surface area contributed by atoms with E-state index in [0.717, 1.165) is 16.8 Å². The highest BCUT2D eigenvalue weighted by atomic mass is 79.9. The topological polar surface area (TPSA) is 42.7 Å². The summed E-state index contributed by atoms with van der Waals surface area (Å²) < 4.78 is 2.86. The minimum absolute atomic E-state index is 0.753. The summed E-state index contributed by atoms with van der Waals surface area (Å²) in [6.45, 7) is 0.753. The van der Waals surface area contributed by atoms with Crippen LogP contribution in [0.2, 0.25) is 0 Å². The Morgan fingerprint density at radius 2 is 2.40 bits per heavy atom. The maximum absolute atomic E-state index is 4.20. The summed E-state index contributed by atoms with van der Waals surface area (Å²) in [4.78, 5) is 4.15. The van der Waals surface area contributed by atoms with Crippen molar-refractivity contribution in [2.45, 2.75) is 6.54 Å². The third kappa shape index (κ3) is 2.56. The van der Waals surface area contributed by atoms with Crippen LogP contribution in [0.25, 0.3) is 0 Å². The van der Waals surface area contributed by atoms with Crippen LogP contribution in [0.15, 0.2) is 35.2 Å². The Labute approximate surface area is 96.5 Å². The number of nitrogens with one attached hydrogen (secondary N) is 1. The molecule has 78 valence electrons. The highest BCUT2D eigenvalue weighted by molar-refractivity contribution is 9.10. The summed E-state index contributed by atoms with van der Waals surface area (Å²) >= 11 is 3.37. The van der Waals surface area contributed by atoms with E-state index in [1.807, 2.05) is 30.1 Å². The molecule has 0 unspecified atom stereocenters. The lowest BCUT2D eigenvalue weighted by Gasteiger charge is -2.03. The number of rotatable bonds is 3. The third-order valence-electron chi connectivity index (χ3n) is 2.03. The molecule has 1 N–H and O–H groups in total. The van der Waals surface area contributed by atoms with Gasteiger partial charge >= 0.3 is 0 Å². The first-order valence-corrected chi connectivity index (χ1v) is 5.38. The summed E-state index contributed by atoms with van der Waals surface area (Å²) in [6, 6.07) is 3.99. The maximum atomic E-state index is 4.20. The lowest BCUT2D eigenvalue weighted by molar-refractivity contribution is 0.686. The minimum atomic E-state index is 0.753. The molecule has 2 rings (SSSR count). The molecule has 0 spiro atoms. The molecule has 0 bridgehead atoms. The van der Waals surface area contributed by atoms with Crippen LogP contribution in [0.1, 0.15) is 5.56 Å². The zero-order valence-corrected chi connectivity index (χ0v) is 9.90. The van der Waals surface area contributed by atoms with E-state index in [4.69, 9.17) is 0 Å². The maximum Gasteiger partial charge on any atom is 0.125 e. The molecule has 0 radical (unpaired) electrons. The second-order valence-corrected chi connectivity index (χ2v) is 4.07. The lowest BCUT2D eigenvalue weighted by atomic mass is 10.2. The molecular formula is C10H11BrN4. The zero-order chi connectivity index (χ0) is 10.7. The van der Waals surface area contributed by atoms with Gasteiger partial charge in [0.25, 0.3) is 0 Å². The van der Waals surface area contributed by atoms with Gasteiger partial charge in [-0.1, -0.05) is 0 Å². The number of aromatic nitrogens is 3. The molecule has 0 aliphatic carbocycles. The molecule has 2 heterocycles. The molecule has 0 saturated heterocycles. The van der Waals surface area contributed by atoms with Crippen molar-refractivity contribution in [3.63, 3.8) is 0 Å². The molecule has 15 heavy (non-hydrogen) atoms. The molecule has 4 nitrogen and oxygen atoms in total. The Bertz CT molecular complexity index is 452. The monoisotopic (exact) mass is 266 g/mol. The molecule has 0 saturated carbocycles. The SMILES string of the molecule is CNc1cc(Cn2cc(Br)cn2)ccn1. The van der Waals surface area contributed by atoms with Crippen molar-refractivity contribution in [1.29, 1.82) is 0 Å². The predicted molar refractivity (Wildman–Crippen MR) is 62.8 cm³/mol. The average Bonchev–Trinajstić information content (AvgIpc) is 2.64. The molecule has 0 atom stereocenters. The minimum Gasteiger partial charge on any atom is -0.373 e. The van der Waals surface area contributed by atoms with Crippen LogP contribution >= 0.6 is 15.9 Å². The van der Waals surface area contributed by atoms with Crippen LogP contribution in [0.5, 0.6) is 0 Å². The van der Waals surface area contributed by atoms with Crippen molar-refractivity contribution in [3.05, 3.63) is 40.8 Å². The standard InChI is InChI=1S/C10H11BrN4/c1-12-10-4-8(2-3-13-10)6-15-7-9(11)5-14-15/h2-5,7H,6H2,1H3,(H,12,13). The highest BCUT2D eigenvalue weighted by Crippen LogP contribution is 2.10. The molecule has 0 fully saturated rings.